The first-order chi connectivity index (χ1) is 11.1. The number of nitrogens with two attached hydrogens (primary N) is 1. The summed E-state index contributed by atoms with van der Waals surface area (Å²) in [6.45, 7) is 1.94. The molecule has 0 aliphatic rings. The number of rotatable bonds is 8. The molecule has 0 saturated carbocycles. The van der Waals surface area contributed by atoms with Gasteiger partial charge >= 0.3 is 0 Å². The van der Waals surface area contributed by atoms with Crippen LogP contribution in [0, 0.1) is 6.92 Å². The van der Waals surface area contributed by atoms with Crippen molar-refractivity contribution in [1.82, 2.24) is 10.1 Å². The van der Waals surface area contributed by atoms with Crippen LogP contribution in [0.25, 0.3) is 0 Å². The molecule has 3 N–H and O–H groups in total. The third kappa shape index (κ3) is 5.57. The minimum absolute atomic E-state index is 0.185. The number of anilines is 1. The molecule has 0 radical (unpaired) electrons. The van der Waals surface area contributed by atoms with Crippen molar-refractivity contribution in [3.8, 4) is 5.75 Å². The van der Waals surface area contributed by atoms with E-state index in [-0.39, 0.29) is 12.5 Å². The molecule has 7 nitrogen and oxygen atoms in total. The number of aromatic nitrogens is 2. The second-order valence-corrected chi connectivity index (χ2v) is 5.91. The molecule has 23 heavy (non-hydrogen) atoms. The predicted molar refractivity (Wildman–Crippen MR) is 89.4 cm³/mol. The molecule has 8 heteroatoms. The van der Waals surface area contributed by atoms with E-state index in [1.807, 2.05) is 6.26 Å². The number of carbonyl (C=O) groups excluding carboxylic acids is 1. The maximum atomic E-state index is 11.9. The van der Waals surface area contributed by atoms with Gasteiger partial charge in [-0.15, -0.1) is 0 Å². The topological polar surface area (TPSA) is 103 Å². The maximum absolute atomic E-state index is 11.9. The second-order valence-electron chi connectivity index (χ2n) is 4.92. The van der Waals surface area contributed by atoms with Gasteiger partial charge in [0.15, 0.2) is 6.61 Å². The summed E-state index contributed by atoms with van der Waals surface area (Å²) in [5, 5.41) is 6.53. The number of nitrogens with one attached hydrogen (secondary N) is 1. The molecule has 0 aliphatic carbocycles. The van der Waals surface area contributed by atoms with Crippen molar-refractivity contribution in [3.05, 3.63) is 36.0 Å². The van der Waals surface area contributed by atoms with Gasteiger partial charge in [0.25, 0.3) is 0 Å². The summed E-state index contributed by atoms with van der Waals surface area (Å²) in [7, 11) is 0. The number of nitrogens with zero attached hydrogens (tertiary/aromatic N) is 2. The Labute approximate surface area is 139 Å². The van der Waals surface area contributed by atoms with Crippen molar-refractivity contribution >= 4 is 23.4 Å². The van der Waals surface area contributed by atoms with Crippen LogP contribution in [0.4, 0.5) is 5.69 Å². The van der Waals surface area contributed by atoms with Crippen molar-refractivity contribution in [1.29, 1.82) is 0 Å². The van der Waals surface area contributed by atoms with Gasteiger partial charge < -0.3 is 20.3 Å². The summed E-state index contributed by atoms with van der Waals surface area (Å²) in [4.78, 5) is 16.0. The Kier molecular flexibility index (Phi) is 6.42. The summed E-state index contributed by atoms with van der Waals surface area (Å²) >= 11 is 1.67. The molecule has 124 valence electrons. The third-order valence-electron chi connectivity index (χ3n) is 3.03. The molecule has 2 aromatic rings. The van der Waals surface area contributed by atoms with Crippen LogP contribution in [-0.4, -0.2) is 34.1 Å². The number of ether oxygens (including phenoxy) is 1. The number of hydrogen-bond donors (Lipinski definition) is 2. The zero-order valence-corrected chi connectivity index (χ0v) is 13.9. The molecule has 1 heterocycles. The lowest BCUT2D eigenvalue weighted by Crippen LogP contribution is -2.36. The largest absolute Gasteiger partial charge is 0.485 e. The Morgan fingerprint density at radius 3 is 2.78 bits per heavy atom. The number of aryl methyl sites for hydroxylation is 1. The number of hydrogen-bond acceptors (Lipinski definition) is 7. The minimum Gasteiger partial charge on any atom is -0.485 e. The van der Waals surface area contributed by atoms with Gasteiger partial charge in [0.1, 0.15) is 5.75 Å². The molecule has 0 bridgehead atoms. The zero-order valence-electron chi connectivity index (χ0n) is 13.1. The van der Waals surface area contributed by atoms with Gasteiger partial charge in [-0.3, -0.25) is 4.79 Å². The van der Waals surface area contributed by atoms with Crippen LogP contribution in [0.15, 0.2) is 28.8 Å². The summed E-state index contributed by atoms with van der Waals surface area (Å²) in [6, 6.07) is 6.54. The van der Waals surface area contributed by atoms with Crippen LogP contribution in [0.2, 0.25) is 0 Å². The summed E-state index contributed by atoms with van der Waals surface area (Å²) < 4.78 is 10.4. The highest BCUT2D eigenvalue weighted by Crippen LogP contribution is 2.17. The maximum Gasteiger partial charge on any atom is 0.241 e. The average molecular weight is 336 g/mol. The van der Waals surface area contributed by atoms with Crippen LogP contribution in [-0.2, 0) is 11.4 Å². The number of carbonyl (C=O) groups is 1. The summed E-state index contributed by atoms with van der Waals surface area (Å²) in [6.07, 6.45) is 2.64. The second kappa shape index (κ2) is 8.54. The molecule has 1 atom stereocenters. The fraction of sp³-hybridized carbons (Fsp3) is 0.400. The lowest BCUT2D eigenvalue weighted by atomic mass is 10.2. The third-order valence-corrected chi connectivity index (χ3v) is 3.67. The highest BCUT2D eigenvalue weighted by molar-refractivity contribution is 7.98. The first-order valence-corrected chi connectivity index (χ1v) is 8.55. The van der Waals surface area contributed by atoms with E-state index in [0.29, 0.717) is 29.6 Å². The standard InChI is InChI=1S/C15H20N4O3S/c1-10-17-14(19-22-10)9-21-12-5-3-11(4-6-12)18-15(20)13(16)7-8-23-2/h3-6,13H,7-9,16H2,1-2H3,(H,18,20)/t13-/m0/s1. The van der Waals surface area contributed by atoms with Crippen LogP contribution in [0.1, 0.15) is 18.1 Å². The molecule has 1 aromatic heterocycles. The molecule has 0 unspecified atom stereocenters. The lowest BCUT2D eigenvalue weighted by Gasteiger charge is -2.12. The average Bonchev–Trinajstić information content (AvgIpc) is 2.97. The van der Waals surface area contributed by atoms with E-state index >= 15 is 0 Å². The molecule has 0 spiro atoms. The number of benzene rings is 1. The van der Waals surface area contributed by atoms with E-state index in [0.717, 1.165) is 5.75 Å². The quantitative estimate of drug-likeness (QED) is 0.759. The number of thioether (sulfide) groups is 1. The van der Waals surface area contributed by atoms with Gasteiger partial charge in [-0.25, -0.2) is 0 Å². The van der Waals surface area contributed by atoms with Gasteiger partial charge in [0.2, 0.25) is 17.6 Å². The normalized spacial score (nSPS) is 12.0. The summed E-state index contributed by atoms with van der Waals surface area (Å²) in [5.41, 5.74) is 6.50. The fourth-order valence-electron chi connectivity index (χ4n) is 1.79. The van der Waals surface area contributed by atoms with E-state index in [9.17, 15) is 4.79 Å². The fourth-order valence-corrected chi connectivity index (χ4v) is 2.28. The highest BCUT2D eigenvalue weighted by atomic mass is 32.2. The highest BCUT2D eigenvalue weighted by Gasteiger charge is 2.13. The van der Waals surface area contributed by atoms with Crippen LogP contribution >= 0.6 is 11.8 Å². The Balaban J connectivity index is 1.83. The molecule has 0 saturated heterocycles. The van der Waals surface area contributed by atoms with Gasteiger partial charge in [-0.1, -0.05) is 5.16 Å². The van der Waals surface area contributed by atoms with E-state index < -0.39 is 6.04 Å². The number of amides is 1. The van der Waals surface area contributed by atoms with E-state index in [1.54, 1.807) is 43.0 Å². The van der Waals surface area contributed by atoms with Crippen molar-refractivity contribution < 1.29 is 14.1 Å². The molecule has 1 amide bonds. The SMILES string of the molecule is CSCC[C@H](N)C(=O)Nc1ccc(OCc2noc(C)n2)cc1. The Morgan fingerprint density at radius 1 is 1.43 bits per heavy atom. The smallest absolute Gasteiger partial charge is 0.241 e. The van der Waals surface area contributed by atoms with Crippen molar-refractivity contribution in [2.45, 2.75) is 26.0 Å². The first kappa shape index (κ1) is 17.3. The van der Waals surface area contributed by atoms with Gasteiger partial charge in [-0.05, 0) is 42.7 Å². The van der Waals surface area contributed by atoms with Gasteiger partial charge in [0, 0.05) is 12.6 Å². The molecular weight excluding hydrogens is 316 g/mol. The van der Waals surface area contributed by atoms with Crippen molar-refractivity contribution in [2.75, 3.05) is 17.3 Å². The molecule has 0 aliphatic heterocycles. The zero-order chi connectivity index (χ0) is 16.7. The van der Waals surface area contributed by atoms with Crippen LogP contribution in [0.5, 0.6) is 5.75 Å². The lowest BCUT2D eigenvalue weighted by molar-refractivity contribution is -0.117. The Morgan fingerprint density at radius 2 is 2.17 bits per heavy atom. The van der Waals surface area contributed by atoms with Gasteiger partial charge in [-0.2, -0.15) is 16.7 Å². The molecule has 1 aromatic carbocycles. The monoisotopic (exact) mass is 336 g/mol. The predicted octanol–water partition coefficient (Wildman–Crippen LogP) is 1.98. The first-order valence-electron chi connectivity index (χ1n) is 7.16. The Bertz CT molecular complexity index is 630. The molecular formula is C15H20N4O3S. The van der Waals surface area contributed by atoms with Gasteiger partial charge in [0.05, 0.1) is 6.04 Å². The molecule has 2 rings (SSSR count). The van der Waals surface area contributed by atoms with E-state index in [2.05, 4.69) is 15.5 Å². The molecule has 0 fully saturated rings. The van der Waals surface area contributed by atoms with Crippen molar-refractivity contribution in [3.63, 3.8) is 0 Å². The van der Waals surface area contributed by atoms with E-state index in [1.165, 1.54) is 0 Å². The summed E-state index contributed by atoms with van der Waals surface area (Å²) in [5.74, 6) is 2.31. The Hall–Kier alpha value is -2.06. The van der Waals surface area contributed by atoms with E-state index in [4.69, 9.17) is 15.0 Å². The van der Waals surface area contributed by atoms with Crippen molar-refractivity contribution in [2.24, 2.45) is 5.73 Å². The minimum atomic E-state index is -0.500. The van der Waals surface area contributed by atoms with Crippen LogP contribution in [0.3, 0.4) is 0 Å². The van der Waals surface area contributed by atoms with Crippen LogP contribution < -0.4 is 15.8 Å².